The molecule has 3 nitrogen and oxygen atoms in total. The predicted molar refractivity (Wildman–Crippen MR) is 74.7 cm³/mol. The average Bonchev–Trinajstić information content (AvgIpc) is 2.89. The number of carbonyl (C=O) groups excluding carboxylic acids is 1. The van der Waals surface area contributed by atoms with Crippen LogP contribution in [0.25, 0.3) is 0 Å². The number of benzene rings is 1. The molecule has 0 radical (unpaired) electrons. The maximum atomic E-state index is 11.7. The van der Waals surface area contributed by atoms with E-state index in [0.717, 1.165) is 13.0 Å². The van der Waals surface area contributed by atoms with E-state index in [4.69, 9.17) is 5.26 Å². The molecule has 0 spiro atoms. The third-order valence-corrected chi connectivity index (χ3v) is 3.78. The molecule has 1 amide bonds. The minimum atomic E-state index is 0.0581. The van der Waals surface area contributed by atoms with E-state index in [-0.39, 0.29) is 5.91 Å². The van der Waals surface area contributed by atoms with Crippen molar-refractivity contribution in [3.8, 4) is 6.07 Å². The van der Waals surface area contributed by atoms with Gasteiger partial charge in [-0.2, -0.15) is 5.26 Å². The number of hydrogen-bond donors (Lipinski definition) is 0. The van der Waals surface area contributed by atoms with Crippen molar-refractivity contribution in [1.82, 2.24) is 4.90 Å². The highest BCUT2D eigenvalue weighted by molar-refractivity contribution is 5.76. The molecule has 2 rings (SSSR count). The van der Waals surface area contributed by atoms with Crippen molar-refractivity contribution in [3.05, 3.63) is 34.9 Å². The molecule has 0 bridgehead atoms. The fourth-order valence-corrected chi connectivity index (χ4v) is 2.56. The van der Waals surface area contributed by atoms with E-state index in [2.05, 4.69) is 18.2 Å². The van der Waals surface area contributed by atoms with Crippen LogP contribution in [0.2, 0.25) is 0 Å². The summed E-state index contributed by atoms with van der Waals surface area (Å²) >= 11 is 0. The first-order valence-corrected chi connectivity index (χ1v) is 6.92. The fourth-order valence-electron chi connectivity index (χ4n) is 2.56. The molecule has 0 aromatic heterocycles. The molecule has 3 heteroatoms. The summed E-state index contributed by atoms with van der Waals surface area (Å²) in [7, 11) is 1.81. The number of likely N-dealkylation sites (N-methyl/N-ethyl adjacent to an activating group) is 1. The second kappa shape index (κ2) is 6.38. The quantitative estimate of drug-likeness (QED) is 0.812. The molecule has 0 atom stereocenters. The molecule has 1 aliphatic carbocycles. The van der Waals surface area contributed by atoms with Gasteiger partial charge in [0, 0.05) is 26.4 Å². The molecule has 1 aliphatic rings. The number of carbonyl (C=O) groups is 1. The van der Waals surface area contributed by atoms with E-state index in [1.807, 2.05) is 13.1 Å². The molecular weight excluding hydrogens is 236 g/mol. The zero-order valence-corrected chi connectivity index (χ0v) is 11.5. The second-order valence-electron chi connectivity index (χ2n) is 5.18. The van der Waals surface area contributed by atoms with Gasteiger partial charge in [0.05, 0.1) is 6.07 Å². The van der Waals surface area contributed by atoms with Crippen LogP contribution in [0, 0.1) is 11.3 Å². The van der Waals surface area contributed by atoms with Crippen LogP contribution in [0.3, 0.4) is 0 Å². The van der Waals surface area contributed by atoms with Gasteiger partial charge in [-0.15, -0.1) is 0 Å². The molecule has 0 unspecified atom stereocenters. The lowest BCUT2D eigenvalue weighted by molar-refractivity contribution is -0.129. The van der Waals surface area contributed by atoms with E-state index in [1.165, 1.54) is 36.0 Å². The van der Waals surface area contributed by atoms with Crippen LogP contribution < -0.4 is 0 Å². The van der Waals surface area contributed by atoms with Crippen LogP contribution in [0.1, 0.15) is 36.0 Å². The largest absolute Gasteiger partial charge is 0.345 e. The Morgan fingerprint density at radius 3 is 2.95 bits per heavy atom. The van der Waals surface area contributed by atoms with Crippen molar-refractivity contribution >= 4 is 5.91 Å². The minimum absolute atomic E-state index is 0.0581. The maximum Gasteiger partial charge on any atom is 0.223 e. The molecular formula is C16H20N2O. The van der Waals surface area contributed by atoms with Gasteiger partial charge >= 0.3 is 0 Å². The fraction of sp³-hybridized carbons (Fsp3) is 0.500. The Labute approximate surface area is 114 Å². The normalized spacial score (nSPS) is 12.8. The summed E-state index contributed by atoms with van der Waals surface area (Å²) in [5, 5.41) is 8.47. The van der Waals surface area contributed by atoms with E-state index >= 15 is 0 Å². The smallest absolute Gasteiger partial charge is 0.223 e. The van der Waals surface area contributed by atoms with Gasteiger partial charge < -0.3 is 4.90 Å². The summed E-state index contributed by atoms with van der Waals surface area (Å²) in [6, 6.07) is 8.71. The Kier molecular flexibility index (Phi) is 4.57. The van der Waals surface area contributed by atoms with Crippen LogP contribution in [0.5, 0.6) is 0 Å². The number of nitriles is 1. The van der Waals surface area contributed by atoms with Crippen molar-refractivity contribution in [1.29, 1.82) is 5.26 Å². The Balaban J connectivity index is 1.85. The minimum Gasteiger partial charge on any atom is -0.345 e. The molecule has 0 saturated carbocycles. The highest BCUT2D eigenvalue weighted by atomic mass is 16.2. The van der Waals surface area contributed by atoms with Gasteiger partial charge in [-0.05, 0) is 42.4 Å². The summed E-state index contributed by atoms with van der Waals surface area (Å²) < 4.78 is 0. The van der Waals surface area contributed by atoms with Crippen molar-refractivity contribution in [2.75, 3.05) is 13.6 Å². The summed E-state index contributed by atoms with van der Waals surface area (Å²) in [6.07, 6.45) is 5.20. The first kappa shape index (κ1) is 13.6. The summed E-state index contributed by atoms with van der Waals surface area (Å²) in [5.41, 5.74) is 4.28. The Hall–Kier alpha value is -1.82. The molecule has 19 heavy (non-hydrogen) atoms. The number of hydrogen-bond acceptors (Lipinski definition) is 2. The van der Waals surface area contributed by atoms with Gasteiger partial charge in [0.25, 0.3) is 0 Å². The van der Waals surface area contributed by atoms with Gasteiger partial charge in [-0.1, -0.05) is 18.2 Å². The maximum absolute atomic E-state index is 11.7. The topological polar surface area (TPSA) is 44.1 Å². The number of rotatable bonds is 5. The first-order chi connectivity index (χ1) is 9.20. The second-order valence-corrected chi connectivity index (χ2v) is 5.18. The molecule has 0 heterocycles. The zero-order chi connectivity index (χ0) is 13.7. The van der Waals surface area contributed by atoms with E-state index in [9.17, 15) is 4.79 Å². The van der Waals surface area contributed by atoms with Crippen LogP contribution in [0.4, 0.5) is 0 Å². The lowest BCUT2D eigenvalue weighted by atomic mass is 10.0. The van der Waals surface area contributed by atoms with E-state index < -0.39 is 0 Å². The van der Waals surface area contributed by atoms with E-state index in [1.54, 1.807) is 4.90 Å². The highest BCUT2D eigenvalue weighted by Gasteiger charge is 2.12. The van der Waals surface area contributed by atoms with Crippen LogP contribution in [0.15, 0.2) is 18.2 Å². The standard InChI is InChI=1S/C16H20N2O/c1-18(16(19)6-3-10-17)11-9-13-7-8-14-4-2-5-15(14)12-13/h7-8,12H,2-6,9,11H2,1H3. The molecule has 0 saturated heterocycles. The SMILES string of the molecule is CN(CCc1ccc2c(c1)CCC2)C(=O)CCC#N. The molecule has 1 aromatic rings. The molecule has 0 aliphatic heterocycles. The van der Waals surface area contributed by atoms with Crippen LogP contribution in [-0.4, -0.2) is 24.4 Å². The third-order valence-electron chi connectivity index (χ3n) is 3.78. The van der Waals surface area contributed by atoms with Crippen molar-refractivity contribution < 1.29 is 4.79 Å². The van der Waals surface area contributed by atoms with Gasteiger partial charge in [0.1, 0.15) is 0 Å². The Bertz CT molecular complexity index is 502. The molecule has 1 aromatic carbocycles. The molecule has 0 fully saturated rings. The third kappa shape index (κ3) is 3.57. The Morgan fingerprint density at radius 2 is 2.16 bits per heavy atom. The predicted octanol–water partition coefficient (Wildman–Crippen LogP) is 2.48. The monoisotopic (exact) mass is 256 g/mol. The van der Waals surface area contributed by atoms with E-state index in [0.29, 0.717) is 12.8 Å². The van der Waals surface area contributed by atoms with Crippen molar-refractivity contribution in [3.63, 3.8) is 0 Å². The lowest BCUT2D eigenvalue weighted by Gasteiger charge is -2.16. The van der Waals surface area contributed by atoms with Crippen molar-refractivity contribution in [2.24, 2.45) is 0 Å². The van der Waals surface area contributed by atoms with Gasteiger partial charge in [0.2, 0.25) is 5.91 Å². The summed E-state index contributed by atoms with van der Waals surface area (Å²) in [4.78, 5) is 13.4. The number of nitrogens with zero attached hydrogens (tertiary/aromatic N) is 2. The number of fused-ring (bicyclic) bond motifs is 1. The summed E-state index contributed by atoms with van der Waals surface area (Å²) in [5.74, 6) is 0.0581. The Morgan fingerprint density at radius 1 is 1.37 bits per heavy atom. The summed E-state index contributed by atoms with van der Waals surface area (Å²) in [6.45, 7) is 0.725. The first-order valence-electron chi connectivity index (χ1n) is 6.92. The zero-order valence-electron chi connectivity index (χ0n) is 11.5. The lowest BCUT2D eigenvalue weighted by Crippen LogP contribution is -2.28. The molecule has 0 N–H and O–H groups in total. The van der Waals surface area contributed by atoms with Gasteiger partial charge in [0.15, 0.2) is 0 Å². The highest BCUT2D eigenvalue weighted by Crippen LogP contribution is 2.23. The van der Waals surface area contributed by atoms with Gasteiger partial charge in [-0.3, -0.25) is 4.79 Å². The van der Waals surface area contributed by atoms with Crippen LogP contribution in [-0.2, 0) is 24.1 Å². The van der Waals surface area contributed by atoms with Gasteiger partial charge in [-0.25, -0.2) is 0 Å². The number of aryl methyl sites for hydroxylation is 2. The number of amides is 1. The average molecular weight is 256 g/mol. The van der Waals surface area contributed by atoms with Crippen LogP contribution >= 0.6 is 0 Å². The molecule has 100 valence electrons. The van der Waals surface area contributed by atoms with Crippen molar-refractivity contribution in [2.45, 2.75) is 38.5 Å².